The molecule has 1 amide bonds. The van der Waals surface area contributed by atoms with Crippen molar-refractivity contribution in [2.45, 2.75) is 6.92 Å². The molecule has 0 aliphatic heterocycles. The summed E-state index contributed by atoms with van der Waals surface area (Å²) in [5.41, 5.74) is 0.627. The van der Waals surface area contributed by atoms with Crippen LogP contribution < -0.4 is 5.84 Å². The van der Waals surface area contributed by atoms with Crippen LogP contribution in [0.2, 0.25) is 0 Å². The Morgan fingerprint density at radius 1 is 1.42 bits per heavy atom. The maximum absolute atomic E-state index is 11.4. The largest absolute Gasteiger partial charge is 0.277 e. The molecule has 3 heteroatoms. The van der Waals surface area contributed by atoms with Gasteiger partial charge in [-0.3, -0.25) is 9.80 Å². The van der Waals surface area contributed by atoms with E-state index in [0.29, 0.717) is 12.1 Å². The summed E-state index contributed by atoms with van der Waals surface area (Å²) < 4.78 is 0. The van der Waals surface area contributed by atoms with Crippen LogP contribution in [0.1, 0.15) is 17.3 Å². The van der Waals surface area contributed by atoms with Crippen LogP contribution in [0.25, 0.3) is 0 Å². The van der Waals surface area contributed by atoms with E-state index in [0.717, 1.165) is 0 Å². The first-order chi connectivity index (χ1) is 5.75. The molecule has 0 aliphatic rings. The second-order valence-corrected chi connectivity index (χ2v) is 2.46. The van der Waals surface area contributed by atoms with Gasteiger partial charge in [0.25, 0.3) is 5.91 Å². The predicted molar refractivity (Wildman–Crippen MR) is 47.3 cm³/mol. The molecule has 3 nitrogen and oxygen atoms in total. The summed E-state index contributed by atoms with van der Waals surface area (Å²) in [6, 6.07) is 8.99. The topological polar surface area (TPSA) is 46.3 Å². The number of carbonyl (C=O) groups excluding carboxylic acids is 1. The fraction of sp³-hybridized carbons (Fsp3) is 0.222. The third-order valence-corrected chi connectivity index (χ3v) is 1.62. The molecule has 0 fully saturated rings. The van der Waals surface area contributed by atoms with Crippen molar-refractivity contribution in [3.05, 3.63) is 35.9 Å². The highest BCUT2D eigenvalue weighted by atomic mass is 16.2. The molecule has 0 unspecified atom stereocenters. The predicted octanol–water partition coefficient (Wildman–Crippen LogP) is 1.02. The summed E-state index contributed by atoms with van der Waals surface area (Å²) in [6.07, 6.45) is 0. The number of nitrogens with zero attached hydrogens (tertiary/aromatic N) is 1. The van der Waals surface area contributed by atoms with Crippen molar-refractivity contribution in [2.75, 3.05) is 6.54 Å². The van der Waals surface area contributed by atoms with Gasteiger partial charge < -0.3 is 0 Å². The van der Waals surface area contributed by atoms with Gasteiger partial charge in [0.05, 0.1) is 0 Å². The Hall–Kier alpha value is -1.35. The Kier molecular flexibility index (Phi) is 2.82. The number of hydrogen-bond acceptors (Lipinski definition) is 2. The van der Waals surface area contributed by atoms with Gasteiger partial charge in [0.2, 0.25) is 0 Å². The lowest BCUT2D eigenvalue weighted by Crippen LogP contribution is -2.36. The van der Waals surface area contributed by atoms with Crippen molar-refractivity contribution in [3.63, 3.8) is 0 Å². The van der Waals surface area contributed by atoms with Gasteiger partial charge >= 0.3 is 0 Å². The van der Waals surface area contributed by atoms with Crippen molar-refractivity contribution in [1.82, 2.24) is 5.01 Å². The first-order valence-corrected chi connectivity index (χ1v) is 3.87. The highest BCUT2D eigenvalue weighted by Crippen LogP contribution is 2.00. The molecule has 2 N–H and O–H groups in total. The van der Waals surface area contributed by atoms with Crippen molar-refractivity contribution in [2.24, 2.45) is 5.84 Å². The maximum Gasteiger partial charge on any atom is 0.267 e. The van der Waals surface area contributed by atoms with Crippen molar-refractivity contribution in [3.8, 4) is 0 Å². The number of carbonyl (C=O) groups is 1. The van der Waals surface area contributed by atoms with Crippen molar-refractivity contribution < 1.29 is 4.79 Å². The zero-order chi connectivity index (χ0) is 8.97. The van der Waals surface area contributed by atoms with E-state index >= 15 is 0 Å². The third kappa shape index (κ3) is 1.83. The van der Waals surface area contributed by atoms with Gasteiger partial charge in [0.15, 0.2) is 0 Å². The molecule has 0 atom stereocenters. The van der Waals surface area contributed by atoms with Gasteiger partial charge in [-0.15, -0.1) is 0 Å². The van der Waals surface area contributed by atoms with Crippen LogP contribution in [-0.2, 0) is 0 Å². The Labute approximate surface area is 71.8 Å². The smallest absolute Gasteiger partial charge is 0.267 e. The van der Waals surface area contributed by atoms with E-state index in [2.05, 4.69) is 0 Å². The van der Waals surface area contributed by atoms with Crippen LogP contribution in [-0.4, -0.2) is 17.5 Å². The van der Waals surface area contributed by atoms with Gasteiger partial charge in [-0.25, -0.2) is 5.84 Å². The number of rotatable bonds is 2. The van der Waals surface area contributed by atoms with E-state index in [4.69, 9.17) is 5.84 Å². The van der Waals surface area contributed by atoms with Crippen LogP contribution in [0.4, 0.5) is 0 Å². The molecule has 64 valence electrons. The molecule has 0 saturated carbocycles. The molecule has 1 rings (SSSR count). The monoisotopic (exact) mass is 164 g/mol. The second-order valence-electron chi connectivity index (χ2n) is 2.46. The Morgan fingerprint density at radius 3 is 2.50 bits per heavy atom. The van der Waals surface area contributed by atoms with Crippen molar-refractivity contribution >= 4 is 5.91 Å². The Bertz CT molecular complexity index is 258. The number of hydrogen-bond donors (Lipinski definition) is 1. The molecule has 0 heterocycles. The normalized spacial score (nSPS) is 9.50. The molecule has 0 spiro atoms. The first-order valence-electron chi connectivity index (χ1n) is 3.87. The summed E-state index contributed by atoms with van der Waals surface area (Å²) in [4.78, 5) is 11.4. The van der Waals surface area contributed by atoms with Crippen LogP contribution in [0.3, 0.4) is 0 Å². The molecule has 1 aromatic carbocycles. The van der Waals surface area contributed by atoms with E-state index in [9.17, 15) is 4.79 Å². The highest BCUT2D eigenvalue weighted by molar-refractivity contribution is 5.93. The van der Waals surface area contributed by atoms with E-state index in [1.807, 2.05) is 25.1 Å². The van der Waals surface area contributed by atoms with Gasteiger partial charge in [-0.05, 0) is 19.1 Å². The first kappa shape index (κ1) is 8.74. The highest BCUT2D eigenvalue weighted by Gasteiger charge is 2.08. The standard InChI is InChI=1S/C9H12N2O/c1-2-11(10)9(12)8-6-4-3-5-7-8/h3-7H,2,10H2,1H3. The average molecular weight is 164 g/mol. The van der Waals surface area contributed by atoms with Crippen LogP contribution >= 0.6 is 0 Å². The molecule has 1 aromatic rings. The van der Waals surface area contributed by atoms with E-state index < -0.39 is 0 Å². The van der Waals surface area contributed by atoms with Gasteiger partial charge in [-0.1, -0.05) is 18.2 Å². The number of hydrazine groups is 1. The van der Waals surface area contributed by atoms with Crippen LogP contribution in [0.15, 0.2) is 30.3 Å². The minimum Gasteiger partial charge on any atom is -0.277 e. The average Bonchev–Trinajstić information content (AvgIpc) is 2.17. The summed E-state index contributed by atoms with van der Waals surface area (Å²) in [5.74, 6) is 5.29. The molecular formula is C9H12N2O. The molecular weight excluding hydrogens is 152 g/mol. The second kappa shape index (κ2) is 3.88. The van der Waals surface area contributed by atoms with E-state index in [-0.39, 0.29) is 5.91 Å². The van der Waals surface area contributed by atoms with Crippen LogP contribution in [0.5, 0.6) is 0 Å². The zero-order valence-electron chi connectivity index (χ0n) is 7.03. The van der Waals surface area contributed by atoms with Gasteiger partial charge in [-0.2, -0.15) is 0 Å². The maximum atomic E-state index is 11.4. The third-order valence-electron chi connectivity index (χ3n) is 1.62. The minimum absolute atomic E-state index is 0.141. The summed E-state index contributed by atoms with van der Waals surface area (Å²) >= 11 is 0. The molecule has 0 bridgehead atoms. The quantitative estimate of drug-likeness (QED) is 0.403. The fourth-order valence-electron chi connectivity index (χ4n) is 0.890. The number of nitrogens with two attached hydrogens (primary N) is 1. The molecule has 0 aliphatic carbocycles. The fourth-order valence-corrected chi connectivity index (χ4v) is 0.890. The lowest BCUT2D eigenvalue weighted by Gasteiger charge is -2.13. The Balaban J connectivity index is 2.79. The van der Waals surface area contributed by atoms with E-state index in [1.54, 1.807) is 12.1 Å². The van der Waals surface area contributed by atoms with Gasteiger partial charge in [0, 0.05) is 12.1 Å². The minimum atomic E-state index is -0.141. The zero-order valence-corrected chi connectivity index (χ0v) is 7.03. The summed E-state index contributed by atoms with van der Waals surface area (Å²) in [6.45, 7) is 2.36. The molecule has 0 saturated heterocycles. The molecule has 0 radical (unpaired) electrons. The van der Waals surface area contributed by atoms with Crippen molar-refractivity contribution in [1.29, 1.82) is 0 Å². The van der Waals surface area contributed by atoms with Gasteiger partial charge in [0.1, 0.15) is 0 Å². The molecule has 12 heavy (non-hydrogen) atoms. The summed E-state index contributed by atoms with van der Waals surface area (Å²) in [5, 5.41) is 1.19. The number of amides is 1. The molecule has 0 aromatic heterocycles. The van der Waals surface area contributed by atoms with Crippen LogP contribution in [0, 0.1) is 0 Å². The Morgan fingerprint density at radius 2 is 2.00 bits per heavy atom. The van der Waals surface area contributed by atoms with E-state index in [1.165, 1.54) is 5.01 Å². The SMILES string of the molecule is CCN(N)C(=O)c1ccccc1. The number of benzene rings is 1. The lowest BCUT2D eigenvalue weighted by atomic mass is 10.2. The lowest BCUT2D eigenvalue weighted by molar-refractivity contribution is 0.0764. The summed E-state index contributed by atoms with van der Waals surface area (Å²) in [7, 11) is 0.